The second kappa shape index (κ2) is 8.42. The van der Waals surface area contributed by atoms with E-state index < -0.39 is 0 Å². The van der Waals surface area contributed by atoms with Crippen LogP contribution in [0.2, 0.25) is 0 Å². The molecule has 1 N–H and O–H groups in total. The molecule has 0 aromatic carbocycles. The van der Waals surface area contributed by atoms with Crippen LogP contribution in [-0.2, 0) is 13.5 Å². The number of hydrogen-bond donors (Lipinski definition) is 1. The number of nitrogens with one attached hydrogen (secondary N) is 1. The van der Waals surface area contributed by atoms with Crippen molar-refractivity contribution in [1.29, 1.82) is 0 Å². The molecular weight excluding hydrogens is 402 g/mol. The number of aryl methyl sites for hydroxylation is 4. The smallest absolute Gasteiger partial charge is 0.252 e. The third-order valence-electron chi connectivity index (χ3n) is 4.76. The van der Waals surface area contributed by atoms with Gasteiger partial charge in [-0.2, -0.15) is 5.10 Å². The number of amides is 1. The maximum absolute atomic E-state index is 13.0. The monoisotopic (exact) mass is 425 g/mol. The van der Waals surface area contributed by atoms with E-state index in [-0.39, 0.29) is 5.91 Å². The summed E-state index contributed by atoms with van der Waals surface area (Å²) in [5.74, 6) is -0.0728. The van der Waals surface area contributed by atoms with Crippen LogP contribution < -0.4 is 5.32 Å². The fourth-order valence-electron chi connectivity index (χ4n) is 3.39. The van der Waals surface area contributed by atoms with Crippen molar-refractivity contribution in [2.45, 2.75) is 33.1 Å². The summed E-state index contributed by atoms with van der Waals surface area (Å²) in [6.07, 6.45) is 2.88. The summed E-state index contributed by atoms with van der Waals surface area (Å²) >= 11 is 3.32. The summed E-state index contributed by atoms with van der Waals surface area (Å²) in [6, 6.07) is 5.89. The molecular formula is C21H23N5OS2. The Hall–Kier alpha value is -2.58. The van der Waals surface area contributed by atoms with Crippen molar-refractivity contribution in [2.75, 3.05) is 6.54 Å². The Morgan fingerprint density at radius 2 is 2.07 bits per heavy atom. The molecule has 0 fully saturated rings. The van der Waals surface area contributed by atoms with Gasteiger partial charge >= 0.3 is 0 Å². The van der Waals surface area contributed by atoms with E-state index in [9.17, 15) is 4.79 Å². The van der Waals surface area contributed by atoms with E-state index in [0.29, 0.717) is 12.1 Å². The average Bonchev–Trinajstić information content (AvgIpc) is 3.43. The van der Waals surface area contributed by atoms with Gasteiger partial charge in [0.2, 0.25) is 0 Å². The highest BCUT2D eigenvalue weighted by Gasteiger charge is 2.19. The molecule has 0 saturated heterocycles. The van der Waals surface area contributed by atoms with Gasteiger partial charge in [-0.3, -0.25) is 9.48 Å². The predicted molar refractivity (Wildman–Crippen MR) is 119 cm³/mol. The molecule has 4 aromatic heterocycles. The number of unbranched alkanes of at least 4 members (excludes halogenated alkanes) is 1. The van der Waals surface area contributed by atoms with Crippen molar-refractivity contribution in [3.05, 3.63) is 50.9 Å². The number of carbonyl (C=O) groups excluding carboxylic acids is 1. The van der Waals surface area contributed by atoms with Gasteiger partial charge in [0.1, 0.15) is 0 Å². The fraction of sp³-hybridized carbons (Fsp3) is 0.333. The van der Waals surface area contributed by atoms with E-state index in [1.54, 1.807) is 27.4 Å². The molecule has 1 amide bonds. The molecule has 4 rings (SSSR count). The molecule has 0 radical (unpaired) electrons. The number of carbonyl (C=O) groups is 1. The van der Waals surface area contributed by atoms with Crippen LogP contribution in [0, 0.1) is 13.8 Å². The van der Waals surface area contributed by atoms with E-state index in [2.05, 4.69) is 20.8 Å². The molecule has 0 aliphatic heterocycles. The van der Waals surface area contributed by atoms with Crippen LogP contribution in [-0.4, -0.2) is 32.2 Å². The first-order chi connectivity index (χ1) is 14.0. The van der Waals surface area contributed by atoms with Gasteiger partial charge in [-0.15, -0.1) is 22.7 Å². The van der Waals surface area contributed by atoms with Gasteiger partial charge in [0.05, 0.1) is 32.2 Å². The van der Waals surface area contributed by atoms with Crippen LogP contribution >= 0.6 is 22.7 Å². The van der Waals surface area contributed by atoms with Crippen molar-refractivity contribution >= 4 is 39.6 Å². The minimum absolute atomic E-state index is 0.0728. The molecule has 0 spiro atoms. The first-order valence-corrected chi connectivity index (χ1v) is 11.4. The zero-order valence-electron chi connectivity index (χ0n) is 16.7. The molecule has 0 aliphatic rings. The molecule has 0 bridgehead atoms. The van der Waals surface area contributed by atoms with E-state index in [1.807, 2.05) is 44.5 Å². The molecule has 4 aromatic rings. The Morgan fingerprint density at radius 3 is 2.79 bits per heavy atom. The van der Waals surface area contributed by atoms with Gasteiger partial charge in [0.25, 0.3) is 5.91 Å². The largest absolute Gasteiger partial charge is 0.352 e. The van der Waals surface area contributed by atoms with Crippen molar-refractivity contribution < 1.29 is 4.79 Å². The molecule has 0 unspecified atom stereocenters. The van der Waals surface area contributed by atoms with Gasteiger partial charge in [0.15, 0.2) is 5.65 Å². The SMILES string of the molecule is Cc1csc(CCCCNC(=O)c2cc(-c3cccs3)nc3c2c(C)nn3C)n1. The maximum Gasteiger partial charge on any atom is 0.252 e. The molecule has 29 heavy (non-hydrogen) atoms. The number of nitrogens with zero attached hydrogens (tertiary/aromatic N) is 4. The highest BCUT2D eigenvalue weighted by atomic mass is 32.1. The molecule has 0 atom stereocenters. The van der Waals surface area contributed by atoms with Crippen LogP contribution in [0.15, 0.2) is 29.0 Å². The first-order valence-electron chi connectivity index (χ1n) is 9.60. The Labute approximate surface area is 177 Å². The Morgan fingerprint density at radius 1 is 1.21 bits per heavy atom. The van der Waals surface area contributed by atoms with Crippen LogP contribution in [0.5, 0.6) is 0 Å². The molecule has 4 heterocycles. The van der Waals surface area contributed by atoms with Crippen molar-refractivity contribution in [1.82, 2.24) is 25.1 Å². The van der Waals surface area contributed by atoms with E-state index in [4.69, 9.17) is 4.98 Å². The zero-order valence-corrected chi connectivity index (χ0v) is 18.4. The molecule has 0 aliphatic carbocycles. The average molecular weight is 426 g/mol. The second-order valence-electron chi connectivity index (χ2n) is 7.04. The lowest BCUT2D eigenvalue weighted by molar-refractivity contribution is 0.0954. The van der Waals surface area contributed by atoms with Crippen molar-refractivity contribution in [2.24, 2.45) is 7.05 Å². The molecule has 8 heteroatoms. The van der Waals surface area contributed by atoms with Gasteiger partial charge in [0, 0.05) is 24.7 Å². The minimum atomic E-state index is -0.0728. The number of pyridine rings is 1. The molecule has 6 nitrogen and oxygen atoms in total. The Kier molecular flexibility index (Phi) is 5.73. The summed E-state index contributed by atoms with van der Waals surface area (Å²) in [7, 11) is 1.86. The first kappa shape index (κ1) is 19.7. The number of thiophene rings is 1. The fourth-order valence-corrected chi connectivity index (χ4v) is 4.89. The quantitative estimate of drug-likeness (QED) is 0.442. The van der Waals surface area contributed by atoms with Crippen molar-refractivity contribution in [3.8, 4) is 10.6 Å². The highest BCUT2D eigenvalue weighted by molar-refractivity contribution is 7.13. The number of fused-ring (bicyclic) bond motifs is 1. The summed E-state index contributed by atoms with van der Waals surface area (Å²) in [6.45, 7) is 4.57. The van der Waals surface area contributed by atoms with Crippen LogP contribution in [0.4, 0.5) is 0 Å². The summed E-state index contributed by atoms with van der Waals surface area (Å²) in [4.78, 5) is 23.3. The second-order valence-corrected chi connectivity index (χ2v) is 8.93. The lowest BCUT2D eigenvalue weighted by Gasteiger charge is -2.08. The van der Waals surface area contributed by atoms with Crippen molar-refractivity contribution in [3.63, 3.8) is 0 Å². The molecule has 150 valence electrons. The number of thiazole rings is 1. The van der Waals surface area contributed by atoms with Crippen LogP contribution in [0.3, 0.4) is 0 Å². The number of rotatable bonds is 7. The summed E-state index contributed by atoms with van der Waals surface area (Å²) in [5, 5.41) is 13.6. The van der Waals surface area contributed by atoms with Gasteiger partial charge in [-0.05, 0) is 50.6 Å². The number of aromatic nitrogens is 4. The Balaban J connectivity index is 1.49. The van der Waals surface area contributed by atoms with Crippen LogP contribution in [0.1, 0.15) is 39.6 Å². The Bertz CT molecular complexity index is 1140. The van der Waals surface area contributed by atoms with Gasteiger partial charge < -0.3 is 5.32 Å². The normalized spacial score (nSPS) is 11.3. The maximum atomic E-state index is 13.0. The third kappa shape index (κ3) is 4.23. The summed E-state index contributed by atoms with van der Waals surface area (Å²) < 4.78 is 1.74. The standard InChI is InChI=1S/C21H23N5OS2/c1-13-12-29-18(23-13)8-4-5-9-22-21(27)15-11-16(17-7-6-10-28-17)24-20-19(15)14(2)25-26(20)3/h6-7,10-12H,4-5,8-9H2,1-3H3,(H,22,27). The predicted octanol–water partition coefficient (Wildman–Crippen LogP) is 4.52. The van der Waals surface area contributed by atoms with E-state index >= 15 is 0 Å². The van der Waals surface area contributed by atoms with E-state index in [1.165, 1.54) is 0 Å². The lowest BCUT2D eigenvalue weighted by atomic mass is 10.1. The third-order valence-corrected chi connectivity index (χ3v) is 6.68. The van der Waals surface area contributed by atoms with Gasteiger partial charge in [-0.1, -0.05) is 6.07 Å². The van der Waals surface area contributed by atoms with Gasteiger partial charge in [-0.25, -0.2) is 9.97 Å². The molecule has 0 saturated carbocycles. The zero-order chi connectivity index (χ0) is 20.4. The van der Waals surface area contributed by atoms with E-state index in [0.717, 1.165) is 57.3 Å². The highest BCUT2D eigenvalue weighted by Crippen LogP contribution is 2.29. The topological polar surface area (TPSA) is 72.7 Å². The van der Waals surface area contributed by atoms with Crippen LogP contribution in [0.25, 0.3) is 21.6 Å². The minimum Gasteiger partial charge on any atom is -0.352 e. The number of hydrogen-bond acceptors (Lipinski definition) is 6. The lowest BCUT2D eigenvalue weighted by Crippen LogP contribution is -2.25. The summed E-state index contributed by atoms with van der Waals surface area (Å²) in [5.41, 5.74) is 4.07.